The summed E-state index contributed by atoms with van der Waals surface area (Å²) in [4.78, 5) is 19.6. The molecule has 5 heteroatoms. The van der Waals surface area contributed by atoms with E-state index in [0.29, 0.717) is 0 Å². The first-order valence-electron chi connectivity index (χ1n) is 9.33. The Morgan fingerprint density at radius 3 is 2.54 bits per heavy atom. The number of hydrogen-bond donors (Lipinski definition) is 1. The number of aromatic nitrogens is 1. The Bertz CT molecular complexity index is 697. The molecule has 1 aromatic carbocycles. The van der Waals surface area contributed by atoms with Gasteiger partial charge >= 0.3 is 0 Å². The summed E-state index contributed by atoms with van der Waals surface area (Å²) < 4.78 is 5.37. The summed E-state index contributed by atoms with van der Waals surface area (Å²) in [5.41, 5.74) is 1.79. The van der Waals surface area contributed by atoms with Crippen LogP contribution in [-0.4, -0.2) is 37.2 Å². The lowest BCUT2D eigenvalue weighted by molar-refractivity contribution is -0.118. The summed E-state index contributed by atoms with van der Waals surface area (Å²) in [5.74, 6) is 1.04. The molecule has 0 radical (unpaired) electrons. The number of nitrogens with zero attached hydrogens (tertiary/aromatic N) is 2. The first-order valence-corrected chi connectivity index (χ1v) is 9.33. The quantitative estimate of drug-likeness (QED) is 0.861. The van der Waals surface area contributed by atoms with Gasteiger partial charge in [-0.3, -0.25) is 4.79 Å². The van der Waals surface area contributed by atoms with Crippen molar-refractivity contribution in [1.82, 2.24) is 4.98 Å². The Labute approximate surface area is 155 Å². The average molecular weight is 353 g/mol. The van der Waals surface area contributed by atoms with Gasteiger partial charge in [0.1, 0.15) is 5.82 Å². The number of nitrogens with one attached hydrogen (secondary N) is 1. The van der Waals surface area contributed by atoms with Crippen molar-refractivity contribution in [2.75, 3.05) is 36.5 Å². The largest absolute Gasteiger partial charge is 0.378 e. The van der Waals surface area contributed by atoms with Crippen LogP contribution in [0.4, 0.5) is 11.5 Å². The summed E-state index contributed by atoms with van der Waals surface area (Å²) in [6.45, 7) is 7.40. The fraction of sp³-hybridized carbons (Fsp3) is 0.429. The van der Waals surface area contributed by atoms with E-state index in [1.807, 2.05) is 42.5 Å². The first-order chi connectivity index (χ1) is 12.7. The van der Waals surface area contributed by atoms with Gasteiger partial charge in [0.15, 0.2) is 0 Å². The summed E-state index contributed by atoms with van der Waals surface area (Å²) >= 11 is 0. The SMILES string of the molecule is CC[C@H](C)[C@H](C(=O)Nc1ccc(N2CCOCC2)nc1)c1ccccc1. The molecule has 0 aliphatic carbocycles. The van der Waals surface area contributed by atoms with Gasteiger partial charge < -0.3 is 15.0 Å². The summed E-state index contributed by atoms with van der Waals surface area (Å²) in [6, 6.07) is 13.9. The number of rotatable bonds is 6. The van der Waals surface area contributed by atoms with Crippen molar-refractivity contribution >= 4 is 17.4 Å². The van der Waals surface area contributed by atoms with E-state index in [-0.39, 0.29) is 17.7 Å². The lowest BCUT2D eigenvalue weighted by atomic mass is 9.85. The molecule has 1 aliphatic heterocycles. The number of carbonyl (C=O) groups excluding carboxylic acids is 1. The molecule has 1 saturated heterocycles. The molecule has 2 atom stereocenters. The third-order valence-electron chi connectivity index (χ3n) is 5.00. The highest BCUT2D eigenvalue weighted by Crippen LogP contribution is 2.28. The minimum absolute atomic E-state index is 0.0199. The van der Waals surface area contributed by atoms with Crippen LogP contribution in [-0.2, 0) is 9.53 Å². The lowest BCUT2D eigenvalue weighted by Gasteiger charge is -2.28. The van der Waals surface area contributed by atoms with Crippen LogP contribution in [0.25, 0.3) is 0 Å². The topological polar surface area (TPSA) is 54.5 Å². The fourth-order valence-electron chi connectivity index (χ4n) is 3.29. The molecule has 0 spiro atoms. The van der Waals surface area contributed by atoms with Crippen LogP contribution in [0.5, 0.6) is 0 Å². The number of anilines is 2. The molecule has 26 heavy (non-hydrogen) atoms. The van der Waals surface area contributed by atoms with Crippen molar-refractivity contribution in [3.05, 3.63) is 54.2 Å². The van der Waals surface area contributed by atoms with E-state index in [0.717, 1.165) is 49.8 Å². The molecule has 2 aromatic rings. The summed E-state index contributed by atoms with van der Waals surface area (Å²) in [7, 11) is 0. The second-order valence-electron chi connectivity index (χ2n) is 6.77. The monoisotopic (exact) mass is 353 g/mol. The summed E-state index contributed by atoms with van der Waals surface area (Å²) in [6.07, 6.45) is 2.68. The summed E-state index contributed by atoms with van der Waals surface area (Å²) in [5, 5.41) is 3.04. The molecular formula is C21H27N3O2. The molecule has 1 aromatic heterocycles. The van der Waals surface area contributed by atoms with E-state index < -0.39 is 0 Å². The van der Waals surface area contributed by atoms with E-state index >= 15 is 0 Å². The normalized spacial score (nSPS) is 16.8. The van der Waals surface area contributed by atoms with E-state index in [4.69, 9.17) is 4.74 Å². The zero-order valence-corrected chi connectivity index (χ0v) is 15.5. The van der Waals surface area contributed by atoms with Crippen LogP contribution in [0.2, 0.25) is 0 Å². The minimum Gasteiger partial charge on any atom is -0.378 e. The van der Waals surface area contributed by atoms with Gasteiger partial charge in [-0.05, 0) is 23.6 Å². The van der Waals surface area contributed by atoms with Gasteiger partial charge in [0.25, 0.3) is 0 Å². The van der Waals surface area contributed by atoms with Crippen LogP contribution in [0.3, 0.4) is 0 Å². The highest BCUT2D eigenvalue weighted by Gasteiger charge is 2.26. The number of ether oxygens (including phenoxy) is 1. The van der Waals surface area contributed by atoms with Crippen LogP contribution in [0, 0.1) is 5.92 Å². The average Bonchev–Trinajstić information content (AvgIpc) is 2.70. The van der Waals surface area contributed by atoms with Gasteiger partial charge in [-0.25, -0.2) is 4.98 Å². The number of hydrogen-bond acceptors (Lipinski definition) is 4. The zero-order valence-electron chi connectivity index (χ0n) is 15.5. The van der Waals surface area contributed by atoms with Crippen molar-refractivity contribution in [2.24, 2.45) is 5.92 Å². The highest BCUT2D eigenvalue weighted by molar-refractivity contribution is 5.96. The second kappa shape index (κ2) is 8.81. The molecule has 0 unspecified atom stereocenters. The molecule has 2 heterocycles. The van der Waals surface area contributed by atoms with E-state index in [9.17, 15) is 4.79 Å². The zero-order chi connectivity index (χ0) is 18.4. The highest BCUT2D eigenvalue weighted by atomic mass is 16.5. The molecule has 5 nitrogen and oxygen atoms in total. The maximum absolute atomic E-state index is 12.9. The van der Waals surface area contributed by atoms with E-state index in [1.165, 1.54) is 0 Å². The van der Waals surface area contributed by atoms with Gasteiger partial charge in [-0.15, -0.1) is 0 Å². The van der Waals surface area contributed by atoms with Gasteiger partial charge in [0.05, 0.1) is 31.0 Å². The third kappa shape index (κ3) is 4.41. The Hall–Kier alpha value is -2.40. The third-order valence-corrected chi connectivity index (χ3v) is 5.00. The predicted octanol–water partition coefficient (Wildman–Crippen LogP) is 3.69. The lowest BCUT2D eigenvalue weighted by Crippen LogP contribution is -2.36. The van der Waals surface area contributed by atoms with Crippen molar-refractivity contribution in [2.45, 2.75) is 26.2 Å². The van der Waals surface area contributed by atoms with Crippen LogP contribution >= 0.6 is 0 Å². The minimum atomic E-state index is -0.167. The molecule has 3 rings (SSSR count). The Morgan fingerprint density at radius 1 is 1.19 bits per heavy atom. The number of morpholine rings is 1. The molecule has 0 bridgehead atoms. The molecule has 1 N–H and O–H groups in total. The molecule has 0 saturated carbocycles. The van der Waals surface area contributed by atoms with Gasteiger partial charge in [0.2, 0.25) is 5.91 Å². The molecule has 1 fully saturated rings. The Kier molecular flexibility index (Phi) is 6.23. The molecule has 138 valence electrons. The van der Waals surface area contributed by atoms with Gasteiger partial charge in [-0.2, -0.15) is 0 Å². The van der Waals surface area contributed by atoms with Gasteiger partial charge in [0, 0.05) is 13.1 Å². The number of pyridine rings is 1. The Balaban J connectivity index is 1.70. The molecule has 1 aliphatic rings. The standard InChI is InChI=1S/C21H27N3O2/c1-3-16(2)20(17-7-5-4-6-8-17)21(25)23-18-9-10-19(22-15-18)24-11-13-26-14-12-24/h4-10,15-16,20H,3,11-14H2,1-2H3,(H,23,25)/t16-,20-/m0/s1. The Morgan fingerprint density at radius 2 is 1.92 bits per heavy atom. The van der Waals surface area contributed by atoms with E-state index in [1.54, 1.807) is 6.20 Å². The number of benzene rings is 1. The van der Waals surface area contributed by atoms with Crippen molar-refractivity contribution < 1.29 is 9.53 Å². The van der Waals surface area contributed by atoms with Crippen LogP contribution in [0.15, 0.2) is 48.7 Å². The fourth-order valence-corrected chi connectivity index (χ4v) is 3.29. The number of carbonyl (C=O) groups is 1. The molecule has 1 amide bonds. The second-order valence-corrected chi connectivity index (χ2v) is 6.77. The van der Waals surface area contributed by atoms with Crippen LogP contribution < -0.4 is 10.2 Å². The predicted molar refractivity (Wildman–Crippen MR) is 105 cm³/mol. The van der Waals surface area contributed by atoms with Crippen molar-refractivity contribution in [3.8, 4) is 0 Å². The van der Waals surface area contributed by atoms with Gasteiger partial charge in [-0.1, -0.05) is 50.6 Å². The van der Waals surface area contributed by atoms with E-state index in [2.05, 4.69) is 29.0 Å². The molecular weight excluding hydrogens is 326 g/mol. The number of amides is 1. The van der Waals surface area contributed by atoms with Crippen LogP contribution in [0.1, 0.15) is 31.7 Å². The first kappa shape index (κ1) is 18.4. The maximum atomic E-state index is 12.9. The van der Waals surface area contributed by atoms with Crippen molar-refractivity contribution in [3.63, 3.8) is 0 Å². The van der Waals surface area contributed by atoms with Crippen molar-refractivity contribution in [1.29, 1.82) is 0 Å². The smallest absolute Gasteiger partial charge is 0.232 e. The maximum Gasteiger partial charge on any atom is 0.232 e.